The van der Waals surface area contributed by atoms with Gasteiger partial charge in [-0.05, 0) is 24.3 Å². The molecule has 5 heteroatoms. The molecule has 0 aliphatic heterocycles. The number of aromatic nitrogens is 3. The number of nitrogens with zero attached hydrogens (tertiary/aromatic N) is 2. The van der Waals surface area contributed by atoms with Gasteiger partial charge in [-0.3, -0.25) is 4.79 Å². The third kappa shape index (κ3) is 1.52. The molecule has 0 spiro atoms. The van der Waals surface area contributed by atoms with Crippen molar-refractivity contribution in [1.82, 2.24) is 15.2 Å². The van der Waals surface area contributed by atoms with Crippen LogP contribution < -0.4 is 5.56 Å². The van der Waals surface area contributed by atoms with Crippen molar-refractivity contribution in [2.24, 2.45) is 0 Å². The normalized spacial score (nSPS) is 10.1. The molecule has 1 heterocycles. The minimum Gasteiger partial charge on any atom is -0.310 e. The Morgan fingerprint density at radius 1 is 1.21 bits per heavy atom. The Morgan fingerprint density at radius 3 is 2.57 bits per heavy atom. The Hall–Kier alpha value is -2.04. The van der Waals surface area contributed by atoms with Crippen molar-refractivity contribution < 1.29 is 4.39 Å². The fourth-order valence-electron chi connectivity index (χ4n) is 1.08. The first-order valence-electron chi connectivity index (χ1n) is 3.93. The summed E-state index contributed by atoms with van der Waals surface area (Å²) in [5.41, 5.74) is 0.389. The summed E-state index contributed by atoms with van der Waals surface area (Å²) in [5, 5.41) is 7.21. The van der Waals surface area contributed by atoms with Gasteiger partial charge in [-0.25, -0.2) is 4.39 Å². The average Bonchev–Trinajstić information content (AvgIpc) is 2.20. The average molecular weight is 191 g/mol. The van der Waals surface area contributed by atoms with Crippen LogP contribution in [0.2, 0.25) is 0 Å². The van der Waals surface area contributed by atoms with Crippen molar-refractivity contribution in [3.8, 4) is 11.3 Å². The lowest BCUT2D eigenvalue weighted by molar-refractivity contribution is 0.628. The summed E-state index contributed by atoms with van der Waals surface area (Å²) in [6, 6.07) is 5.50. The highest BCUT2D eigenvalue weighted by molar-refractivity contribution is 5.56. The van der Waals surface area contributed by atoms with Gasteiger partial charge >= 0.3 is 0 Å². The molecule has 0 fully saturated rings. The van der Waals surface area contributed by atoms with E-state index in [-0.39, 0.29) is 17.1 Å². The van der Waals surface area contributed by atoms with Crippen LogP contribution in [0.3, 0.4) is 0 Å². The molecule has 2 aromatic rings. The van der Waals surface area contributed by atoms with Gasteiger partial charge in [0.15, 0.2) is 5.69 Å². The van der Waals surface area contributed by atoms with Crippen molar-refractivity contribution in [2.45, 2.75) is 0 Å². The minimum absolute atomic E-state index is 0.188. The first kappa shape index (κ1) is 8.55. The Bertz CT molecular complexity index is 492. The van der Waals surface area contributed by atoms with E-state index < -0.39 is 0 Å². The van der Waals surface area contributed by atoms with Gasteiger partial charge < -0.3 is 4.98 Å². The summed E-state index contributed by atoms with van der Waals surface area (Å²) in [4.78, 5) is 13.6. The summed E-state index contributed by atoms with van der Waals surface area (Å²) in [6.07, 6.45) is 1.20. The van der Waals surface area contributed by atoms with Crippen LogP contribution in [0.15, 0.2) is 35.4 Å². The Labute approximate surface area is 78.4 Å². The molecule has 1 aromatic carbocycles. The van der Waals surface area contributed by atoms with Crippen LogP contribution in [0, 0.1) is 5.82 Å². The molecular weight excluding hydrogens is 185 g/mol. The van der Waals surface area contributed by atoms with Crippen molar-refractivity contribution in [1.29, 1.82) is 0 Å². The number of H-pyrrole nitrogens is 1. The van der Waals surface area contributed by atoms with Crippen LogP contribution in [-0.2, 0) is 0 Å². The molecule has 0 atom stereocenters. The lowest BCUT2D eigenvalue weighted by Crippen LogP contribution is -2.11. The number of hydrogen-bond donors (Lipinski definition) is 1. The lowest BCUT2D eigenvalue weighted by atomic mass is 10.2. The van der Waals surface area contributed by atoms with Gasteiger partial charge in [0.2, 0.25) is 0 Å². The summed E-state index contributed by atoms with van der Waals surface area (Å²) < 4.78 is 12.6. The summed E-state index contributed by atoms with van der Waals surface area (Å²) >= 11 is 0. The minimum atomic E-state index is -0.353. The highest BCUT2D eigenvalue weighted by Gasteiger charge is 2.03. The maximum atomic E-state index is 12.6. The van der Waals surface area contributed by atoms with Crippen LogP contribution in [0.4, 0.5) is 4.39 Å². The quantitative estimate of drug-likeness (QED) is 0.730. The standard InChI is InChI=1S/C9H6FN3O/c10-7-3-1-6(2-4-7)8-9(14)11-5-12-13-8/h1-5H,(H,11,12,14). The van der Waals surface area contributed by atoms with Gasteiger partial charge in [0.25, 0.3) is 5.56 Å². The second-order valence-corrected chi connectivity index (χ2v) is 2.67. The molecule has 2 rings (SSSR count). The molecule has 0 radical (unpaired) electrons. The summed E-state index contributed by atoms with van der Waals surface area (Å²) in [6.45, 7) is 0. The Balaban J connectivity index is 2.56. The SMILES string of the molecule is O=c1[nH]cnnc1-c1ccc(F)cc1. The van der Waals surface area contributed by atoms with E-state index in [4.69, 9.17) is 0 Å². The number of hydrogen-bond acceptors (Lipinski definition) is 3. The van der Waals surface area contributed by atoms with E-state index in [1.165, 1.54) is 30.6 Å². The van der Waals surface area contributed by atoms with E-state index in [2.05, 4.69) is 15.2 Å². The van der Waals surface area contributed by atoms with Crippen LogP contribution in [-0.4, -0.2) is 15.2 Å². The smallest absolute Gasteiger partial charge is 0.277 e. The lowest BCUT2D eigenvalue weighted by Gasteiger charge is -1.96. The molecule has 0 aliphatic carbocycles. The van der Waals surface area contributed by atoms with Gasteiger partial charge in [0.1, 0.15) is 12.1 Å². The molecule has 14 heavy (non-hydrogen) atoms. The Morgan fingerprint density at radius 2 is 1.93 bits per heavy atom. The van der Waals surface area contributed by atoms with E-state index >= 15 is 0 Å². The summed E-state index contributed by atoms with van der Waals surface area (Å²) in [5.74, 6) is -0.353. The second-order valence-electron chi connectivity index (χ2n) is 2.67. The number of aromatic amines is 1. The zero-order valence-corrected chi connectivity index (χ0v) is 7.07. The van der Waals surface area contributed by atoms with E-state index in [1.807, 2.05) is 0 Å². The molecule has 0 amide bonds. The number of benzene rings is 1. The molecule has 1 aromatic heterocycles. The van der Waals surface area contributed by atoms with Crippen LogP contribution in [0.5, 0.6) is 0 Å². The monoisotopic (exact) mass is 191 g/mol. The maximum absolute atomic E-state index is 12.6. The molecule has 0 bridgehead atoms. The van der Waals surface area contributed by atoms with Crippen molar-refractivity contribution in [3.05, 3.63) is 46.8 Å². The number of nitrogens with one attached hydrogen (secondary N) is 1. The van der Waals surface area contributed by atoms with Gasteiger partial charge in [0, 0.05) is 5.56 Å². The number of halogens is 1. The molecule has 1 N–H and O–H groups in total. The topological polar surface area (TPSA) is 58.6 Å². The highest BCUT2D eigenvalue weighted by atomic mass is 19.1. The van der Waals surface area contributed by atoms with Crippen molar-refractivity contribution >= 4 is 0 Å². The van der Waals surface area contributed by atoms with E-state index in [0.717, 1.165) is 0 Å². The van der Waals surface area contributed by atoms with E-state index in [9.17, 15) is 9.18 Å². The maximum Gasteiger partial charge on any atom is 0.277 e. The predicted molar refractivity (Wildman–Crippen MR) is 48.0 cm³/mol. The molecule has 0 unspecified atom stereocenters. The molecule has 70 valence electrons. The molecule has 0 aliphatic rings. The van der Waals surface area contributed by atoms with Gasteiger partial charge in [-0.15, -0.1) is 10.2 Å². The number of rotatable bonds is 1. The zero-order valence-electron chi connectivity index (χ0n) is 7.07. The first-order chi connectivity index (χ1) is 6.77. The third-order valence-electron chi connectivity index (χ3n) is 1.74. The van der Waals surface area contributed by atoms with E-state index in [0.29, 0.717) is 5.56 Å². The zero-order chi connectivity index (χ0) is 9.97. The van der Waals surface area contributed by atoms with Crippen LogP contribution in [0.25, 0.3) is 11.3 Å². The molecular formula is C9H6FN3O. The molecule has 4 nitrogen and oxygen atoms in total. The summed E-state index contributed by atoms with van der Waals surface area (Å²) in [7, 11) is 0. The Kier molecular flexibility index (Phi) is 2.06. The van der Waals surface area contributed by atoms with Gasteiger partial charge in [0.05, 0.1) is 0 Å². The largest absolute Gasteiger partial charge is 0.310 e. The fourth-order valence-corrected chi connectivity index (χ4v) is 1.08. The fraction of sp³-hybridized carbons (Fsp3) is 0. The van der Waals surface area contributed by atoms with Crippen molar-refractivity contribution in [3.63, 3.8) is 0 Å². The third-order valence-corrected chi connectivity index (χ3v) is 1.74. The van der Waals surface area contributed by atoms with E-state index in [1.54, 1.807) is 0 Å². The van der Waals surface area contributed by atoms with Crippen molar-refractivity contribution in [2.75, 3.05) is 0 Å². The predicted octanol–water partition coefficient (Wildman–Crippen LogP) is 0.971. The molecule has 0 saturated heterocycles. The van der Waals surface area contributed by atoms with Crippen LogP contribution >= 0.6 is 0 Å². The first-order valence-corrected chi connectivity index (χ1v) is 3.93. The van der Waals surface area contributed by atoms with Gasteiger partial charge in [-0.1, -0.05) is 0 Å². The van der Waals surface area contributed by atoms with Crippen LogP contribution in [0.1, 0.15) is 0 Å². The second kappa shape index (κ2) is 3.37. The highest BCUT2D eigenvalue weighted by Crippen LogP contribution is 2.11. The van der Waals surface area contributed by atoms with Gasteiger partial charge in [-0.2, -0.15) is 0 Å². The molecule has 0 saturated carbocycles.